The van der Waals surface area contributed by atoms with Crippen LogP contribution in [0.3, 0.4) is 0 Å². The van der Waals surface area contributed by atoms with Gasteiger partial charge in [-0.15, -0.1) is 0 Å². The van der Waals surface area contributed by atoms with Crippen LogP contribution < -0.4 is 10.6 Å². The van der Waals surface area contributed by atoms with E-state index in [4.69, 9.17) is 22.2 Å². The molecule has 0 saturated carbocycles. The van der Waals surface area contributed by atoms with E-state index < -0.39 is 6.10 Å². The molecule has 4 nitrogen and oxygen atoms in total. The van der Waals surface area contributed by atoms with Crippen LogP contribution in [0.2, 0.25) is 5.02 Å². The maximum atomic E-state index is 9.23. The molecule has 0 saturated heterocycles. The summed E-state index contributed by atoms with van der Waals surface area (Å²) in [5, 5.41) is 9.74. The molecule has 1 unspecified atom stereocenters. The molecule has 5 heteroatoms. The molecule has 0 amide bonds. The normalized spacial score (nSPS) is 12.5. The van der Waals surface area contributed by atoms with Crippen molar-refractivity contribution in [2.75, 3.05) is 13.2 Å². The molecule has 0 aliphatic heterocycles. The minimum Gasteiger partial charge on any atom is -0.489 e. The van der Waals surface area contributed by atoms with Gasteiger partial charge in [0.15, 0.2) is 0 Å². The van der Waals surface area contributed by atoms with Gasteiger partial charge in [0.2, 0.25) is 0 Å². The maximum Gasteiger partial charge on any atom is 0.138 e. The lowest BCUT2D eigenvalue weighted by atomic mass is 10.3. The van der Waals surface area contributed by atoms with E-state index in [2.05, 4.69) is 4.84 Å². The monoisotopic (exact) mass is 217 g/mol. The zero-order valence-electron chi connectivity index (χ0n) is 7.52. The van der Waals surface area contributed by atoms with Crippen LogP contribution in [0.15, 0.2) is 24.3 Å². The number of aliphatic hydroxyl groups is 1. The highest BCUT2D eigenvalue weighted by Gasteiger charge is 2.06. The second-order valence-corrected chi connectivity index (χ2v) is 3.14. The summed E-state index contributed by atoms with van der Waals surface area (Å²) in [5.74, 6) is 5.32. The minimum absolute atomic E-state index is 0.0322. The fraction of sp³-hybridized carbons (Fsp3) is 0.333. The van der Waals surface area contributed by atoms with E-state index in [1.165, 1.54) is 0 Å². The topological polar surface area (TPSA) is 64.7 Å². The molecule has 14 heavy (non-hydrogen) atoms. The number of hydrogen-bond acceptors (Lipinski definition) is 4. The number of rotatable bonds is 5. The molecule has 3 N–H and O–H groups in total. The number of halogens is 1. The third-order valence-electron chi connectivity index (χ3n) is 1.56. The van der Waals surface area contributed by atoms with Crippen LogP contribution in [-0.4, -0.2) is 24.4 Å². The number of benzene rings is 1. The first-order chi connectivity index (χ1) is 6.74. The third kappa shape index (κ3) is 3.51. The summed E-state index contributed by atoms with van der Waals surface area (Å²) in [6, 6.07) is 7.03. The van der Waals surface area contributed by atoms with Crippen LogP contribution in [-0.2, 0) is 4.84 Å². The highest BCUT2D eigenvalue weighted by atomic mass is 35.5. The molecular weight excluding hydrogens is 206 g/mol. The van der Waals surface area contributed by atoms with Crippen LogP contribution >= 0.6 is 11.6 Å². The average molecular weight is 218 g/mol. The van der Waals surface area contributed by atoms with Crippen LogP contribution in [0.4, 0.5) is 0 Å². The van der Waals surface area contributed by atoms with E-state index in [1.807, 2.05) is 0 Å². The summed E-state index contributed by atoms with van der Waals surface area (Å²) in [7, 11) is 0. The Labute approximate surface area is 87.1 Å². The minimum atomic E-state index is -0.753. The second-order valence-electron chi connectivity index (χ2n) is 2.73. The van der Waals surface area contributed by atoms with E-state index in [9.17, 15) is 5.11 Å². The Bertz CT molecular complexity index is 283. The summed E-state index contributed by atoms with van der Waals surface area (Å²) in [6.07, 6.45) is -0.753. The smallest absolute Gasteiger partial charge is 0.138 e. The van der Waals surface area contributed by atoms with Crippen molar-refractivity contribution < 1.29 is 14.7 Å². The van der Waals surface area contributed by atoms with Crippen LogP contribution in [0.25, 0.3) is 0 Å². The van der Waals surface area contributed by atoms with Crippen molar-refractivity contribution >= 4 is 11.6 Å². The number of para-hydroxylation sites is 1. The van der Waals surface area contributed by atoms with Gasteiger partial charge in [-0.25, -0.2) is 5.90 Å². The van der Waals surface area contributed by atoms with Crippen LogP contribution in [0, 0.1) is 0 Å². The van der Waals surface area contributed by atoms with Crippen molar-refractivity contribution in [2.24, 2.45) is 5.90 Å². The lowest BCUT2D eigenvalue weighted by Gasteiger charge is -2.11. The van der Waals surface area contributed by atoms with E-state index in [0.29, 0.717) is 10.8 Å². The fourth-order valence-electron chi connectivity index (χ4n) is 0.907. The summed E-state index contributed by atoms with van der Waals surface area (Å²) < 4.78 is 5.23. The molecule has 0 spiro atoms. The average Bonchev–Trinajstić information content (AvgIpc) is 2.17. The van der Waals surface area contributed by atoms with Crippen molar-refractivity contribution in [3.8, 4) is 5.75 Å². The summed E-state index contributed by atoms with van der Waals surface area (Å²) >= 11 is 5.82. The van der Waals surface area contributed by atoms with Crippen molar-refractivity contribution in [3.63, 3.8) is 0 Å². The van der Waals surface area contributed by atoms with Crippen LogP contribution in [0.5, 0.6) is 5.75 Å². The molecule has 1 atom stereocenters. The van der Waals surface area contributed by atoms with E-state index in [0.717, 1.165) is 0 Å². The van der Waals surface area contributed by atoms with Gasteiger partial charge in [-0.1, -0.05) is 23.7 Å². The first kappa shape index (κ1) is 11.3. The lowest BCUT2D eigenvalue weighted by molar-refractivity contribution is 0.0116. The van der Waals surface area contributed by atoms with Gasteiger partial charge in [-0.3, -0.25) is 0 Å². The Kier molecular flexibility index (Phi) is 4.69. The quantitative estimate of drug-likeness (QED) is 0.722. The van der Waals surface area contributed by atoms with Gasteiger partial charge in [0.05, 0.1) is 11.6 Å². The summed E-state index contributed by atoms with van der Waals surface area (Å²) in [5.41, 5.74) is 0. The summed E-state index contributed by atoms with van der Waals surface area (Å²) in [4.78, 5) is 4.26. The SMILES string of the molecule is NOCC(O)COc1ccccc1Cl. The van der Waals surface area contributed by atoms with Crippen LogP contribution in [0.1, 0.15) is 0 Å². The first-order valence-electron chi connectivity index (χ1n) is 4.11. The lowest BCUT2D eigenvalue weighted by Crippen LogP contribution is -2.25. The Balaban J connectivity index is 2.41. The number of aliphatic hydroxyl groups excluding tert-OH is 1. The standard InChI is InChI=1S/C9H12ClNO3/c10-8-3-1-2-4-9(8)13-5-7(12)6-14-11/h1-4,7,12H,5-6,11H2. The Morgan fingerprint density at radius 2 is 2.07 bits per heavy atom. The van der Waals surface area contributed by atoms with E-state index in [-0.39, 0.29) is 13.2 Å². The molecule has 78 valence electrons. The Morgan fingerprint density at radius 3 is 2.71 bits per heavy atom. The number of hydrogen-bond donors (Lipinski definition) is 2. The largest absolute Gasteiger partial charge is 0.489 e. The number of nitrogens with two attached hydrogens (primary N) is 1. The third-order valence-corrected chi connectivity index (χ3v) is 1.87. The Morgan fingerprint density at radius 1 is 1.36 bits per heavy atom. The molecule has 1 aromatic rings. The highest BCUT2D eigenvalue weighted by molar-refractivity contribution is 6.32. The van der Waals surface area contributed by atoms with Gasteiger partial charge in [0.25, 0.3) is 0 Å². The molecule has 0 aromatic heterocycles. The predicted molar refractivity (Wildman–Crippen MR) is 53.1 cm³/mol. The van der Waals surface area contributed by atoms with Crippen molar-refractivity contribution in [1.82, 2.24) is 0 Å². The zero-order chi connectivity index (χ0) is 10.4. The second kappa shape index (κ2) is 5.82. The van der Waals surface area contributed by atoms with Gasteiger partial charge in [0.1, 0.15) is 18.5 Å². The van der Waals surface area contributed by atoms with Gasteiger partial charge in [-0.2, -0.15) is 0 Å². The predicted octanol–water partition coefficient (Wildman–Crippen LogP) is 0.970. The maximum absolute atomic E-state index is 9.23. The fourth-order valence-corrected chi connectivity index (χ4v) is 1.10. The van der Waals surface area contributed by atoms with E-state index in [1.54, 1.807) is 24.3 Å². The van der Waals surface area contributed by atoms with Gasteiger partial charge < -0.3 is 14.7 Å². The Hall–Kier alpha value is -0.810. The molecule has 0 aliphatic rings. The molecule has 0 fully saturated rings. The molecule has 0 radical (unpaired) electrons. The zero-order valence-corrected chi connectivity index (χ0v) is 8.28. The molecular formula is C9H12ClNO3. The molecule has 1 rings (SSSR count). The first-order valence-corrected chi connectivity index (χ1v) is 4.49. The van der Waals surface area contributed by atoms with Gasteiger partial charge >= 0.3 is 0 Å². The molecule has 1 aromatic carbocycles. The van der Waals surface area contributed by atoms with Crippen molar-refractivity contribution in [2.45, 2.75) is 6.10 Å². The number of ether oxygens (including phenoxy) is 1. The van der Waals surface area contributed by atoms with Crippen molar-refractivity contribution in [3.05, 3.63) is 29.3 Å². The molecule has 0 bridgehead atoms. The van der Waals surface area contributed by atoms with Gasteiger partial charge in [-0.05, 0) is 12.1 Å². The molecule has 0 aliphatic carbocycles. The highest BCUT2D eigenvalue weighted by Crippen LogP contribution is 2.22. The summed E-state index contributed by atoms with van der Waals surface area (Å²) in [6.45, 7) is 0.130. The molecule has 0 heterocycles. The van der Waals surface area contributed by atoms with Gasteiger partial charge in [0, 0.05) is 0 Å². The van der Waals surface area contributed by atoms with Crippen molar-refractivity contribution in [1.29, 1.82) is 0 Å². The van der Waals surface area contributed by atoms with E-state index >= 15 is 0 Å².